The average Bonchev–Trinajstić information content (AvgIpc) is 3.78. The Hall–Kier alpha value is -5.41. The molecule has 4 atom stereocenters. The molecule has 250 valence electrons. The number of carbonyl (C=O) groups excluding carboxylic acids is 2. The van der Waals surface area contributed by atoms with E-state index < -0.39 is 41.2 Å². The van der Waals surface area contributed by atoms with Gasteiger partial charge in [0.15, 0.2) is 11.5 Å². The Labute approximate surface area is 284 Å². The normalized spacial score (nSPS) is 21.7. The van der Waals surface area contributed by atoms with E-state index in [9.17, 15) is 19.5 Å². The smallest absolute Gasteiger partial charge is 0.325 e. The maximum absolute atomic E-state index is 14.9. The molecule has 0 saturated carbocycles. The fourth-order valence-electron chi connectivity index (χ4n) is 7.83. The van der Waals surface area contributed by atoms with Crippen molar-refractivity contribution in [3.63, 3.8) is 0 Å². The third-order valence-electron chi connectivity index (χ3n) is 10.2. The first kappa shape index (κ1) is 32.2. The van der Waals surface area contributed by atoms with Crippen molar-refractivity contribution in [3.8, 4) is 11.5 Å². The molecule has 4 unspecified atom stereocenters. The molecule has 49 heavy (non-hydrogen) atoms. The molecule has 2 fully saturated rings. The van der Waals surface area contributed by atoms with Crippen LogP contribution in [0.15, 0.2) is 97.2 Å². The number of imide groups is 1. The Balaban J connectivity index is 1.41. The molecule has 0 spiro atoms. The highest BCUT2D eigenvalue weighted by Gasteiger charge is 2.69. The number of rotatable bonds is 11. The van der Waals surface area contributed by atoms with Gasteiger partial charge in [0.25, 0.3) is 0 Å². The van der Waals surface area contributed by atoms with Crippen molar-refractivity contribution in [2.45, 2.75) is 51.3 Å². The number of ether oxygens (including phenoxy) is 2. The number of methoxy groups -OCH3 is 1. The Bertz CT molecular complexity index is 2030. The molecule has 0 radical (unpaired) electrons. The van der Waals surface area contributed by atoms with Gasteiger partial charge in [0.1, 0.15) is 12.1 Å². The predicted octanol–water partition coefficient (Wildman–Crippen LogP) is 6.40. The zero-order valence-corrected chi connectivity index (χ0v) is 27.7. The predicted molar refractivity (Wildman–Crippen MR) is 187 cm³/mol. The molecular weight excluding hydrogens is 618 g/mol. The van der Waals surface area contributed by atoms with Gasteiger partial charge >= 0.3 is 5.97 Å². The molecule has 2 saturated heterocycles. The minimum atomic E-state index is -1.82. The number of amides is 2. The van der Waals surface area contributed by atoms with Crippen LogP contribution in [0.2, 0.25) is 0 Å². The van der Waals surface area contributed by atoms with E-state index in [2.05, 4.69) is 10.3 Å². The molecule has 9 nitrogen and oxygen atoms in total. The quantitative estimate of drug-likeness (QED) is 0.141. The topological polar surface area (TPSA) is 121 Å². The zero-order chi connectivity index (χ0) is 34.3. The van der Waals surface area contributed by atoms with Crippen LogP contribution in [-0.2, 0) is 40.3 Å². The van der Waals surface area contributed by atoms with E-state index in [0.717, 1.165) is 33.2 Å². The largest absolute Gasteiger partial charge is 0.493 e. The maximum atomic E-state index is 14.9. The number of nitrogens with zero attached hydrogens (tertiary/aromatic N) is 1. The van der Waals surface area contributed by atoms with Crippen molar-refractivity contribution in [2.75, 3.05) is 12.0 Å². The number of aromatic amines is 1. The molecule has 0 bridgehead atoms. The first-order valence-electron chi connectivity index (χ1n) is 16.7. The average molecular weight is 658 g/mol. The van der Waals surface area contributed by atoms with Crippen molar-refractivity contribution >= 4 is 34.4 Å². The van der Waals surface area contributed by atoms with Crippen LogP contribution in [0.1, 0.15) is 47.7 Å². The lowest BCUT2D eigenvalue weighted by Crippen LogP contribution is -2.57. The number of benzene rings is 4. The summed E-state index contributed by atoms with van der Waals surface area (Å²) in [7, 11) is 1.54. The summed E-state index contributed by atoms with van der Waals surface area (Å²) < 4.78 is 12.2. The summed E-state index contributed by atoms with van der Waals surface area (Å²) >= 11 is 0. The number of aliphatic carboxylic acids is 1. The van der Waals surface area contributed by atoms with Gasteiger partial charge in [0.05, 0.1) is 24.6 Å². The Kier molecular flexibility index (Phi) is 8.46. The van der Waals surface area contributed by atoms with Crippen LogP contribution in [0.25, 0.3) is 10.9 Å². The fourth-order valence-corrected chi connectivity index (χ4v) is 7.83. The number of carboxylic acids is 1. The number of carboxylic acid groups (broad SMARTS) is 1. The highest BCUT2D eigenvalue weighted by Crippen LogP contribution is 2.54. The molecule has 7 rings (SSSR count). The van der Waals surface area contributed by atoms with Gasteiger partial charge in [-0.25, -0.2) is 4.90 Å². The zero-order valence-electron chi connectivity index (χ0n) is 27.7. The van der Waals surface area contributed by atoms with Gasteiger partial charge in [-0.05, 0) is 47.2 Å². The number of para-hydroxylation sites is 3. The van der Waals surface area contributed by atoms with E-state index in [1.165, 1.54) is 12.0 Å². The van der Waals surface area contributed by atoms with E-state index >= 15 is 0 Å². The second kappa shape index (κ2) is 12.9. The fraction of sp³-hybridized carbons (Fsp3) is 0.275. The maximum Gasteiger partial charge on any atom is 0.325 e. The standard InChI is InChI=1S/C40H39N3O6/c1-4-25-15-11-16-26(5-2)35(25)43-37(44)32-33(38(43)45)40(39(46)47,21-27-22-41-30-19-10-9-17-28(27)30)42-34(32)29-18-12-20-31(48-3)36(29)49-23-24-13-7-6-8-14-24/h6-20,22,32-34,41-42H,4-5,21,23H2,1-3H3,(H,46,47). The van der Waals surface area contributed by atoms with Crippen molar-refractivity contribution in [3.05, 3.63) is 125 Å². The summed E-state index contributed by atoms with van der Waals surface area (Å²) in [5, 5.41) is 15.5. The van der Waals surface area contributed by atoms with E-state index in [4.69, 9.17) is 9.47 Å². The van der Waals surface area contributed by atoms with Crippen LogP contribution >= 0.6 is 0 Å². The summed E-state index contributed by atoms with van der Waals surface area (Å²) in [6.45, 7) is 4.19. The number of H-pyrrole nitrogens is 1. The first-order chi connectivity index (χ1) is 23.8. The van der Waals surface area contributed by atoms with Crippen molar-refractivity contribution in [1.29, 1.82) is 0 Å². The number of fused-ring (bicyclic) bond motifs is 2. The van der Waals surface area contributed by atoms with Gasteiger partial charge in [-0.15, -0.1) is 0 Å². The van der Waals surface area contributed by atoms with Crippen LogP contribution in [-0.4, -0.2) is 40.5 Å². The molecule has 3 N–H and O–H groups in total. The molecule has 3 heterocycles. The molecule has 5 aromatic rings. The van der Waals surface area contributed by atoms with Gasteiger partial charge < -0.3 is 19.6 Å². The van der Waals surface area contributed by atoms with Crippen LogP contribution in [0.5, 0.6) is 11.5 Å². The van der Waals surface area contributed by atoms with Crippen molar-refractivity contribution in [1.82, 2.24) is 10.3 Å². The highest BCUT2D eigenvalue weighted by atomic mass is 16.5. The minimum absolute atomic E-state index is 0.0306. The Morgan fingerprint density at radius 2 is 1.55 bits per heavy atom. The van der Waals surface area contributed by atoms with Gasteiger partial charge in [0, 0.05) is 35.1 Å². The SMILES string of the molecule is CCc1cccc(CC)c1N1C(=O)C2C(c3cccc(OC)c3OCc3ccccc3)NC(Cc3c[nH]c4ccccc34)(C(=O)O)C2C1=O. The van der Waals surface area contributed by atoms with Gasteiger partial charge in [-0.2, -0.15) is 0 Å². The second-order valence-electron chi connectivity index (χ2n) is 12.7. The Morgan fingerprint density at radius 1 is 0.857 bits per heavy atom. The number of carbonyl (C=O) groups is 3. The van der Waals surface area contributed by atoms with Gasteiger partial charge in [-0.3, -0.25) is 19.7 Å². The number of hydrogen-bond donors (Lipinski definition) is 3. The summed E-state index contributed by atoms with van der Waals surface area (Å²) in [4.78, 5) is 48.0. The third kappa shape index (κ3) is 5.25. The van der Waals surface area contributed by atoms with Crippen LogP contribution < -0.4 is 19.7 Å². The third-order valence-corrected chi connectivity index (χ3v) is 10.2. The number of nitrogens with one attached hydrogen (secondary N) is 2. The molecule has 2 aliphatic heterocycles. The first-order valence-corrected chi connectivity index (χ1v) is 16.7. The molecular formula is C40H39N3O6. The lowest BCUT2D eigenvalue weighted by Gasteiger charge is -2.32. The van der Waals surface area contributed by atoms with E-state index in [1.54, 1.807) is 18.3 Å². The summed E-state index contributed by atoms with van der Waals surface area (Å²) in [5.74, 6) is -3.56. The summed E-state index contributed by atoms with van der Waals surface area (Å²) in [6.07, 6.45) is 2.96. The van der Waals surface area contributed by atoms with Gasteiger partial charge in [-0.1, -0.05) is 92.7 Å². The number of anilines is 1. The van der Waals surface area contributed by atoms with Crippen LogP contribution in [0.3, 0.4) is 0 Å². The van der Waals surface area contributed by atoms with Crippen LogP contribution in [0, 0.1) is 11.8 Å². The summed E-state index contributed by atoms with van der Waals surface area (Å²) in [5.41, 5.74) is 3.52. The summed E-state index contributed by atoms with van der Waals surface area (Å²) in [6, 6.07) is 27.6. The Morgan fingerprint density at radius 3 is 2.24 bits per heavy atom. The molecule has 4 aromatic carbocycles. The number of aromatic nitrogens is 1. The monoisotopic (exact) mass is 657 g/mol. The minimum Gasteiger partial charge on any atom is -0.493 e. The lowest BCUT2D eigenvalue weighted by atomic mass is 9.76. The van der Waals surface area contributed by atoms with Crippen molar-refractivity contribution in [2.24, 2.45) is 11.8 Å². The van der Waals surface area contributed by atoms with Gasteiger partial charge in [0.2, 0.25) is 11.8 Å². The van der Waals surface area contributed by atoms with E-state index in [0.29, 0.717) is 35.6 Å². The number of aryl methyl sites for hydroxylation is 2. The number of hydrogen-bond acceptors (Lipinski definition) is 6. The van der Waals surface area contributed by atoms with Crippen LogP contribution in [0.4, 0.5) is 5.69 Å². The second-order valence-corrected chi connectivity index (χ2v) is 12.7. The molecule has 1 aromatic heterocycles. The van der Waals surface area contributed by atoms with E-state index in [-0.39, 0.29) is 13.0 Å². The van der Waals surface area contributed by atoms with E-state index in [1.807, 2.05) is 92.7 Å². The van der Waals surface area contributed by atoms with Crippen molar-refractivity contribution < 1.29 is 29.0 Å². The molecule has 2 amide bonds. The highest BCUT2D eigenvalue weighted by molar-refractivity contribution is 6.25. The molecule has 9 heteroatoms. The lowest BCUT2D eigenvalue weighted by molar-refractivity contribution is -0.148. The molecule has 2 aliphatic rings. The molecule has 0 aliphatic carbocycles.